The van der Waals surface area contributed by atoms with Gasteiger partial charge >= 0.3 is 6.18 Å². The Morgan fingerprint density at radius 1 is 1.38 bits per heavy atom. The van der Waals surface area contributed by atoms with Gasteiger partial charge in [0.25, 0.3) is 0 Å². The van der Waals surface area contributed by atoms with Crippen molar-refractivity contribution in [3.8, 4) is 0 Å². The van der Waals surface area contributed by atoms with Crippen molar-refractivity contribution >= 4 is 17.6 Å². The Morgan fingerprint density at radius 3 is 2.62 bits per heavy atom. The van der Waals surface area contributed by atoms with Crippen LogP contribution < -0.4 is 5.73 Å². The van der Waals surface area contributed by atoms with Gasteiger partial charge in [-0.2, -0.15) is 13.2 Å². The summed E-state index contributed by atoms with van der Waals surface area (Å²) in [7, 11) is 0. The quantitative estimate of drug-likeness (QED) is 0.655. The average Bonchev–Trinajstić information content (AvgIpc) is 2.16. The van der Waals surface area contributed by atoms with E-state index in [1.54, 1.807) is 0 Å². The number of hydrogen-bond donors (Lipinski definition) is 1. The fourth-order valence-electron chi connectivity index (χ4n) is 1.08. The number of halogens is 3. The second-order valence-corrected chi connectivity index (χ2v) is 4.43. The fourth-order valence-corrected chi connectivity index (χ4v) is 2.11. The molecule has 0 aromatic carbocycles. The van der Waals surface area contributed by atoms with Gasteiger partial charge in [0.15, 0.2) is 0 Å². The molecule has 0 aliphatic carbocycles. The van der Waals surface area contributed by atoms with Gasteiger partial charge in [-0.1, -0.05) is 13.3 Å². The lowest BCUT2D eigenvalue weighted by atomic mass is 10.2. The Balaban J connectivity index is 2.82. The molecule has 2 nitrogen and oxygen atoms in total. The topological polar surface area (TPSA) is 38.9 Å². The van der Waals surface area contributed by atoms with E-state index in [0.29, 0.717) is 5.03 Å². The van der Waals surface area contributed by atoms with Crippen molar-refractivity contribution in [2.45, 2.75) is 31.0 Å². The zero-order chi connectivity index (χ0) is 12.2. The van der Waals surface area contributed by atoms with Crippen molar-refractivity contribution in [3.63, 3.8) is 0 Å². The molecule has 6 heteroatoms. The number of nitrogen functional groups attached to an aromatic ring is 1. The number of nitrogens with two attached hydrogens (primary N) is 1. The predicted molar refractivity (Wildman–Crippen MR) is 59.3 cm³/mol. The summed E-state index contributed by atoms with van der Waals surface area (Å²) >= 11 is 1.30. The van der Waals surface area contributed by atoms with Crippen molar-refractivity contribution in [1.29, 1.82) is 0 Å². The molecule has 16 heavy (non-hydrogen) atoms. The SMILES string of the molecule is CCCCSc1cc(C(F)(F)F)cc(N)n1. The van der Waals surface area contributed by atoms with Gasteiger partial charge in [-0.3, -0.25) is 0 Å². The number of rotatable bonds is 4. The molecule has 2 N–H and O–H groups in total. The van der Waals surface area contributed by atoms with Gasteiger partial charge in [-0.15, -0.1) is 11.8 Å². The van der Waals surface area contributed by atoms with E-state index in [0.717, 1.165) is 30.7 Å². The first-order valence-corrected chi connectivity index (χ1v) is 5.89. The Hall–Kier alpha value is -0.910. The molecule has 0 atom stereocenters. The third-order valence-electron chi connectivity index (χ3n) is 1.90. The molecule has 0 unspecified atom stereocenters. The number of nitrogens with zero attached hydrogens (tertiary/aromatic N) is 1. The number of alkyl halides is 3. The minimum absolute atomic E-state index is 0.0891. The van der Waals surface area contributed by atoms with Crippen molar-refractivity contribution < 1.29 is 13.2 Å². The van der Waals surface area contributed by atoms with Crippen LogP contribution in [0.2, 0.25) is 0 Å². The van der Waals surface area contributed by atoms with Gasteiger partial charge in [0.05, 0.1) is 10.6 Å². The Kier molecular flexibility index (Phi) is 4.46. The molecular weight excluding hydrogens is 237 g/mol. The highest BCUT2D eigenvalue weighted by Gasteiger charge is 2.31. The molecule has 0 saturated heterocycles. The van der Waals surface area contributed by atoms with Crippen molar-refractivity contribution in [2.75, 3.05) is 11.5 Å². The lowest BCUT2D eigenvalue weighted by Gasteiger charge is -2.09. The summed E-state index contributed by atoms with van der Waals surface area (Å²) in [6.45, 7) is 2.02. The Morgan fingerprint density at radius 2 is 2.06 bits per heavy atom. The summed E-state index contributed by atoms with van der Waals surface area (Å²) in [4.78, 5) is 3.86. The van der Waals surface area contributed by atoms with Gasteiger partial charge in [-0.05, 0) is 24.3 Å². The fraction of sp³-hybridized carbons (Fsp3) is 0.500. The van der Waals surface area contributed by atoms with E-state index in [9.17, 15) is 13.2 Å². The maximum absolute atomic E-state index is 12.4. The van der Waals surface area contributed by atoms with E-state index in [1.807, 2.05) is 6.92 Å². The third-order valence-corrected chi connectivity index (χ3v) is 2.89. The third kappa shape index (κ3) is 3.92. The maximum atomic E-state index is 12.4. The molecule has 0 saturated carbocycles. The van der Waals surface area contributed by atoms with E-state index in [4.69, 9.17) is 5.73 Å². The summed E-state index contributed by atoms with van der Waals surface area (Å²) in [6, 6.07) is 1.89. The monoisotopic (exact) mass is 250 g/mol. The minimum atomic E-state index is -4.36. The van der Waals surface area contributed by atoms with Gasteiger partial charge < -0.3 is 5.73 Å². The van der Waals surface area contributed by atoms with Crippen LogP contribution in [-0.2, 0) is 6.18 Å². The smallest absolute Gasteiger partial charge is 0.384 e. The standard InChI is InChI=1S/C10H13F3N2S/c1-2-3-4-16-9-6-7(10(11,12)13)5-8(14)15-9/h5-6H,2-4H2,1H3,(H2,14,15). The molecule has 0 aliphatic heterocycles. The average molecular weight is 250 g/mol. The van der Waals surface area contributed by atoms with Crippen molar-refractivity contribution in [2.24, 2.45) is 0 Å². The molecule has 1 heterocycles. The zero-order valence-corrected chi connectivity index (χ0v) is 9.66. The van der Waals surface area contributed by atoms with E-state index >= 15 is 0 Å². The van der Waals surface area contributed by atoms with Crippen LogP contribution in [0.1, 0.15) is 25.3 Å². The van der Waals surface area contributed by atoms with Gasteiger partial charge in [-0.25, -0.2) is 4.98 Å². The van der Waals surface area contributed by atoms with Crippen LogP contribution in [0.5, 0.6) is 0 Å². The molecule has 90 valence electrons. The highest BCUT2D eigenvalue weighted by molar-refractivity contribution is 7.99. The van der Waals surface area contributed by atoms with E-state index in [1.165, 1.54) is 11.8 Å². The minimum Gasteiger partial charge on any atom is -0.384 e. The van der Waals surface area contributed by atoms with E-state index in [-0.39, 0.29) is 5.82 Å². The number of anilines is 1. The summed E-state index contributed by atoms with van der Waals surface area (Å²) in [6.07, 6.45) is -2.42. The predicted octanol–water partition coefficient (Wildman–Crippen LogP) is 3.57. The largest absolute Gasteiger partial charge is 0.416 e. The van der Waals surface area contributed by atoms with E-state index < -0.39 is 11.7 Å². The van der Waals surface area contributed by atoms with E-state index in [2.05, 4.69) is 4.98 Å². The maximum Gasteiger partial charge on any atom is 0.416 e. The highest BCUT2D eigenvalue weighted by Crippen LogP contribution is 2.32. The van der Waals surface area contributed by atoms with Gasteiger partial charge in [0.2, 0.25) is 0 Å². The summed E-state index contributed by atoms with van der Waals surface area (Å²) < 4.78 is 37.3. The number of aromatic nitrogens is 1. The second-order valence-electron chi connectivity index (χ2n) is 3.32. The molecule has 0 aliphatic rings. The second kappa shape index (κ2) is 5.43. The van der Waals surface area contributed by atoms with Crippen LogP contribution in [0, 0.1) is 0 Å². The molecule has 0 bridgehead atoms. The molecule has 1 aromatic rings. The first-order chi connectivity index (χ1) is 7.43. The molecule has 0 fully saturated rings. The first-order valence-electron chi connectivity index (χ1n) is 4.91. The van der Waals surface area contributed by atoms with Crippen LogP contribution >= 0.6 is 11.8 Å². The highest BCUT2D eigenvalue weighted by atomic mass is 32.2. The number of pyridine rings is 1. The van der Waals surface area contributed by atoms with Crippen LogP contribution in [-0.4, -0.2) is 10.7 Å². The van der Waals surface area contributed by atoms with Crippen LogP contribution in [0.25, 0.3) is 0 Å². The molecule has 0 amide bonds. The first kappa shape index (κ1) is 13.2. The lowest BCUT2D eigenvalue weighted by Crippen LogP contribution is -2.07. The van der Waals surface area contributed by atoms with Crippen LogP contribution in [0.15, 0.2) is 17.2 Å². The van der Waals surface area contributed by atoms with Crippen LogP contribution in [0.4, 0.5) is 19.0 Å². The number of hydrogen-bond acceptors (Lipinski definition) is 3. The number of thioether (sulfide) groups is 1. The summed E-state index contributed by atoms with van der Waals surface area (Å²) in [5.41, 5.74) is 4.60. The molecular formula is C10H13F3N2S. The van der Waals surface area contributed by atoms with Gasteiger partial charge in [0.1, 0.15) is 5.82 Å². The molecule has 1 aromatic heterocycles. The molecule has 1 rings (SSSR count). The number of unbranched alkanes of at least 4 members (excludes halogenated alkanes) is 1. The summed E-state index contributed by atoms with van der Waals surface area (Å²) in [5, 5.41) is 0.334. The zero-order valence-electron chi connectivity index (χ0n) is 8.84. The molecule has 0 spiro atoms. The Bertz CT molecular complexity index is 352. The summed E-state index contributed by atoms with van der Waals surface area (Å²) in [5.74, 6) is 0.665. The van der Waals surface area contributed by atoms with Crippen molar-refractivity contribution in [3.05, 3.63) is 17.7 Å². The lowest BCUT2D eigenvalue weighted by molar-refractivity contribution is -0.137. The molecule has 0 radical (unpaired) electrons. The van der Waals surface area contributed by atoms with Gasteiger partial charge in [0, 0.05) is 0 Å². The van der Waals surface area contributed by atoms with Crippen molar-refractivity contribution in [1.82, 2.24) is 4.98 Å². The van der Waals surface area contributed by atoms with Crippen LogP contribution in [0.3, 0.4) is 0 Å². The Labute approximate surface area is 96.4 Å². The normalized spacial score (nSPS) is 11.8.